The monoisotopic (exact) mass is 270 g/mol. The second kappa shape index (κ2) is 8.96. The first-order chi connectivity index (χ1) is 9.17. The largest absolute Gasteiger partial charge is 0.395 e. The van der Waals surface area contributed by atoms with Crippen molar-refractivity contribution in [1.82, 2.24) is 9.88 Å². The van der Waals surface area contributed by atoms with Gasteiger partial charge in [0.1, 0.15) is 5.82 Å². The fraction of sp³-hybridized carbons (Fsp3) is 0.643. The molecule has 0 bridgehead atoms. The van der Waals surface area contributed by atoms with Crippen LogP contribution in [0.25, 0.3) is 0 Å². The van der Waals surface area contributed by atoms with Crippen molar-refractivity contribution in [2.75, 3.05) is 26.2 Å². The molecule has 0 fully saturated rings. The molecule has 1 heterocycles. The first kappa shape index (κ1) is 16.0. The van der Waals surface area contributed by atoms with Crippen molar-refractivity contribution in [3.8, 4) is 0 Å². The predicted octanol–water partition coefficient (Wildman–Crippen LogP) is 1.74. The van der Waals surface area contributed by atoms with Crippen LogP contribution in [0.15, 0.2) is 18.3 Å². The molecule has 0 spiro atoms. The summed E-state index contributed by atoms with van der Waals surface area (Å²) in [6, 6.07) is 2.80. The Morgan fingerprint density at radius 1 is 1.32 bits per heavy atom. The molecule has 1 aromatic rings. The van der Waals surface area contributed by atoms with Gasteiger partial charge in [-0.25, -0.2) is 4.39 Å². The first-order valence-corrected chi connectivity index (χ1v) is 6.80. The Labute approximate surface area is 113 Å². The summed E-state index contributed by atoms with van der Waals surface area (Å²) >= 11 is 0. The van der Waals surface area contributed by atoms with Gasteiger partial charge in [-0.15, -0.1) is 0 Å². The van der Waals surface area contributed by atoms with Gasteiger partial charge in [-0.05, 0) is 31.5 Å². The fourth-order valence-electron chi connectivity index (χ4n) is 1.90. The lowest BCUT2D eigenvalue weighted by Gasteiger charge is -2.22. The van der Waals surface area contributed by atoms with Gasteiger partial charge in [0.15, 0.2) is 0 Å². The van der Waals surface area contributed by atoms with Gasteiger partial charge in [0, 0.05) is 13.1 Å². The summed E-state index contributed by atoms with van der Waals surface area (Å²) in [5.74, 6) is -0.402. The normalized spacial score (nSPS) is 12.9. The van der Waals surface area contributed by atoms with Crippen LogP contribution in [0.4, 0.5) is 4.39 Å². The number of halogens is 1. The topological polar surface area (TPSA) is 56.6 Å². The minimum Gasteiger partial charge on any atom is -0.395 e. The van der Waals surface area contributed by atoms with Crippen LogP contribution in [0.1, 0.15) is 38.0 Å². The van der Waals surface area contributed by atoms with Gasteiger partial charge >= 0.3 is 0 Å². The van der Waals surface area contributed by atoms with Gasteiger partial charge in [-0.1, -0.05) is 13.3 Å². The number of hydrogen-bond acceptors (Lipinski definition) is 4. The summed E-state index contributed by atoms with van der Waals surface area (Å²) in [5, 5.41) is 19.0. The van der Waals surface area contributed by atoms with E-state index in [4.69, 9.17) is 5.11 Å². The quantitative estimate of drug-likeness (QED) is 0.717. The number of aliphatic hydroxyl groups is 2. The minimum atomic E-state index is -0.691. The molecule has 0 aliphatic carbocycles. The van der Waals surface area contributed by atoms with Crippen LogP contribution < -0.4 is 0 Å². The molecule has 0 radical (unpaired) electrons. The summed E-state index contributed by atoms with van der Waals surface area (Å²) in [4.78, 5) is 5.99. The zero-order valence-electron chi connectivity index (χ0n) is 11.4. The molecule has 0 aliphatic heterocycles. The summed E-state index contributed by atoms with van der Waals surface area (Å²) in [7, 11) is 0. The van der Waals surface area contributed by atoms with Gasteiger partial charge in [-0.2, -0.15) is 0 Å². The van der Waals surface area contributed by atoms with E-state index in [0.717, 1.165) is 25.6 Å². The number of rotatable bonds is 9. The maximum Gasteiger partial charge on any atom is 0.141 e. The van der Waals surface area contributed by atoms with E-state index in [0.29, 0.717) is 25.2 Å². The van der Waals surface area contributed by atoms with E-state index < -0.39 is 11.9 Å². The highest BCUT2D eigenvalue weighted by Crippen LogP contribution is 2.14. The minimum absolute atomic E-state index is 0.120. The smallest absolute Gasteiger partial charge is 0.141 e. The molecule has 0 aromatic carbocycles. The van der Waals surface area contributed by atoms with Gasteiger partial charge < -0.3 is 15.1 Å². The number of hydrogen-bond donors (Lipinski definition) is 2. The van der Waals surface area contributed by atoms with Crippen LogP contribution >= 0.6 is 0 Å². The lowest BCUT2D eigenvalue weighted by atomic mass is 10.1. The van der Waals surface area contributed by atoms with Crippen molar-refractivity contribution in [3.63, 3.8) is 0 Å². The van der Waals surface area contributed by atoms with Crippen LogP contribution in [0.3, 0.4) is 0 Å². The molecule has 19 heavy (non-hydrogen) atoms. The van der Waals surface area contributed by atoms with E-state index in [2.05, 4.69) is 16.8 Å². The van der Waals surface area contributed by atoms with Crippen LogP contribution in [0.5, 0.6) is 0 Å². The van der Waals surface area contributed by atoms with Crippen molar-refractivity contribution in [1.29, 1.82) is 0 Å². The van der Waals surface area contributed by atoms with E-state index in [-0.39, 0.29) is 6.61 Å². The third-order valence-corrected chi connectivity index (χ3v) is 3.05. The van der Waals surface area contributed by atoms with Crippen LogP contribution in [-0.2, 0) is 0 Å². The number of pyridine rings is 1. The second-order valence-electron chi connectivity index (χ2n) is 4.62. The highest BCUT2D eigenvalue weighted by atomic mass is 19.1. The number of aliphatic hydroxyl groups excluding tert-OH is 2. The van der Waals surface area contributed by atoms with Crippen molar-refractivity contribution in [2.24, 2.45) is 0 Å². The van der Waals surface area contributed by atoms with Gasteiger partial charge in [0.05, 0.1) is 24.6 Å². The summed E-state index contributed by atoms with van der Waals surface area (Å²) in [6.07, 6.45) is 3.13. The third-order valence-electron chi connectivity index (χ3n) is 3.05. The molecule has 0 saturated carbocycles. The molecule has 2 N–H and O–H groups in total. The van der Waals surface area contributed by atoms with Crippen molar-refractivity contribution < 1.29 is 14.6 Å². The molecule has 0 aliphatic rings. The summed E-state index contributed by atoms with van der Waals surface area (Å²) in [5.41, 5.74) is 0.487. The average molecular weight is 270 g/mol. The van der Waals surface area contributed by atoms with Crippen LogP contribution in [-0.4, -0.2) is 46.3 Å². The molecule has 5 heteroatoms. The highest BCUT2D eigenvalue weighted by Gasteiger charge is 2.12. The standard InChI is InChI=1S/C14H23FN2O2/c1-2-3-7-17(9-10-18)8-6-14(19)13-5-4-12(15)11-16-13/h4-5,11,14,18-19H,2-3,6-10H2,1H3. The second-order valence-corrected chi connectivity index (χ2v) is 4.62. The molecule has 0 amide bonds. The zero-order chi connectivity index (χ0) is 14.1. The first-order valence-electron chi connectivity index (χ1n) is 6.80. The van der Waals surface area contributed by atoms with Gasteiger partial charge in [-0.3, -0.25) is 4.98 Å². The maximum absolute atomic E-state index is 12.7. The number of nitrogens with zero attached hydrogens (tertiary/aromatic N) is 2. The lowest BCUT2D eigenvalue weighted by molar-refractivity contribution is 0.127. The van der Waals surface area contributed by atoms with Crippen LogP contribution in [0, 0.1) is 5.82 Å². The van der Waals surface area contributed by atoms with Crippen molar-refractivity contribution >= 4 is 0 Å². The average Bonchev–Trinajstić information content (AvgIpc) is 2.42. The highest BCUT2D eigenvalue weighted by molar-refractivity contribution is 5.07. The maximum atomic E-state index is 12.7. The molecule has 4 nitrogen and oxygen atoms in total. The SMILES string of the molecule is CCCCN(CCO)CCC(O)c1ccc(F)cn1. The Morgan fingerprint density at radius 2 is 2.11 bits per heavy atom. The van der Waals surface area contributed by atoms with Gasteiger partial charge in [0.2, 0.25) is 0 Å². The Bertz CT molecular complexity index is 346. The molecular formula is C14H23FN2O2. The number of aromatic nitrogens is 1. The van der Waals surface area contributed by atoms with Crippen molar-refractivity contribution in [3.05, 3.63) is 29.8 Å². The van der Waals surface area contributed by atoms with E-state index in [1.165, 1.54) is 12.1 Å². The Hall–Kier alpha value is -1.04. The Morgan fingerprint density at radius 3 is 2.68 bits per heavy atom. The molecule has 1 rings (SSSR count). The van der Waals surface area contributed by atoms with Crippen LogP contribution in [0.2, 0.25) is 0 Å². The molecule has 0 saturated heterocycles. The molecule has 1 atom stereocenters. The molecule has 1 unspecified atom stereocenters. The van der Waals surface area contributed by atoms with E-state index in [9.17, 15) is 9.50 Å². The predicted molar refractivity (Wildman–Crippen MR) is 72.2 cm³/mol. The third kappa shape index (κ3) is 6.09. The molecule has 108 valence electrons. The summed E-state index contributed by atoms with van der Waals surface area (Å²) in [6.45, 7) is 4.47. The zero-order valence-corrected chi connectivity index (χ0v) is 11.4. The van der Waals surface area contributed by atoms with E-state index in [1.807, 2.05) is 0 Å². The van der Waals surface area contributed by atoms with Gasteiger partial charge in [0.25, 0.3) is 0 Å². The van der Waals surface area contributed by atoms with E-state index >= 15 is 0 Å². The fourth-order valence-corrected chi connectivity index (χ4v) is 1.90. The van der Waals surface area contributed by atoms with E-state index in [1.54, 1.807) is 0 Å². The summed E-state index contributed by atoms with van der Waals surface area (Å²) < 4.78 is 12.7. The molecular weight excluding hydrogens is 247 g/mol. The van der Waals surface area contributed by atoms with Crippen molar-refractivity contribution in [2.45, 2.75) is 32.3 Å². The Balaban J connectivity index is 2.41. The number of unbranched alkanes of at least 4 members (excludes halogenated alkanes) is 1. The lowest BCUT2D eigenvalue weighted by Crippen LogP contribution is -2.30. The Kier molecular flexibility index (Phi) is 7.55. The molecule has 1 aromatic heterocycles.